The number of pyridine rings is 2. The van der Waals surface area contributed by atoms with Crippen LogP contribution < -0.4 is 15.5 Å². The first-order valence-electron chi connectivity index (χ1n) is 12.1. The van der Waals surface area contributed by atoms with Crippen LogP contribution in [-0.4, -0.2) is 38.9 Å². The molecule has 8 nitrogen and oxygen atoms in total. The van der Waals surface area contributed by atoms with Gasteiger partial charge in [-0.25, -0.2) is 0 Å². The summed E-state index contributed by atoms with van der Waals surface area (Å²) in [4.78, 5) is 17.7. The van der Waals surface area contributed by atoms with Crippen LogP contribution in [0.5, 0.6) is 0 Å². The average molecular weight is 480 g/mol. The summed E-state index contributed by atoms with van der Waals surface area (Å²) >= 11 is 0. The number of aromatic nitrogens is 4. The standard InChI is InChI=1S/C28H26N6O2/c29-28(12-4-13-28)21-7-9-22(10-8-21)34-27-23-17-20(19-5-2-1-3-6-19)18-31-24(23)11-15-33(27)25(32-34)26(36)30-14-16-35/h1-3,5-11,15,17-18,35H,4,12-14,16,29H2/p+1. The van der Waals surface area contributed by atoms with Gasteiger partial charge in [-0.2, -0.15) is 4.40 Å². The van der Waals surface area contributed by atoms with Crippen molar-refractivity contribution in [2.45, 2.75) is 24.8 Å². The van der Waals surface area contributed by atoms with E-state index in [9.17, 15) is 9.90 Å². The molecule has 1 fully saturated rings. The third kappa shape index (κ3) is 3.71. The molecule has 4 N–H and O–H groups in total. The van der Waals surface area contributed by atoms with E-state index in [4.69, 9.17) is 15.8 Å². The molecule has 1 aliphatic rings. The van der Waals surface area contributed by atoms with E-state index < -0.39 is 0 Å². The molecule has 0 atom stereocenters. The highest BCUT2D eigenvalue weighted by molar-refractivity contribution is 5.94. The highest BCUT2D eigenvalue weighted by Crippen LogP contribution is 2.38. The van der Waals surface area contributed by atoms with Gasteiger partial charge in [0.25, 0.3) is 5.65 Å². The van der Waals surface area contributed by atoms with Crippen LogP contribution in [0, 0.1) is 0 Å². The summed E-state index contributed by atoms with van der Waals surface area (Å²) in [6.45, 7) is -0.00104. The highest BCUT2D eigenvalue weighted by Gasteiger charge is 2.35. The molecule has 0 unspecified atom stereocenters. The average Bonchev–Trinajstić information content (AvgIpc) is 3.31. The number of carbonyl (C=O) groups excluding carboxylic acids is 1. The first-order valence-corrected chi connectivity index (χ1v) is 12.1. The number of hydrogen-bond donors (Lipinski definition) is 3. The molecule has 0 radical (unpaired) electrons. The predicted molar refractivity (Wildman–Crippen MR) is 137 cm³/mol. The van der Waals surface area contributed by atoms with Gasteiger partial charge in [-0.15, -0.1) is 0 Å². The van der Waals surface area contributed by atoms with Gasteiger partial charge in [-0.3, -0.25) is 9.78 Å². The third-order valence-corrected chi connectivity index (χ3v) is 7.03. The van der Waals surface area contributed by atoms with Crippen molar-refractivity contribution in [2.24, 2.45) is 5.73 Å². The van der Waals surface area contributed by atoms with Gasteiger partial charge in [-0.05, 0) is 54.7 Å². The second kappa shape index (κ2) is 8.82. The molecule has 1 saturated carbocycles. The van der Waals surface area contributed by atoms with Crippen molar-refractivity contribution in [2.75, 3.05) is 13.2 Å². The molecular formula is C28H27N6O2+. The lowest BCUT2D eigenvalue weighted by molar-refractivity contribution is -0.514. The van der Waals surface area contributed by atoms with Gasteiger partial charge in [-0.1, -0.05) is 47.1 Å². The van der Waals surface area contributed by atoms with Crippen molar-refractivity contribution in [1.82, 2.24) is 20.1 Å². The van der Waals surface area contributed by atoms with E-state index in [1.54, 1.807) is 9.08 Å². The number of nitrogens with one attached hydrogen (secondary N) is 1. The van der Waals surface area contributed by atoms with Crippen LogP contribution in [-0.2, 0) is 5.54 Å². The van der Waals surface area contributed by atoms with Crippen LogP contribution in [0.25, 0.3) is 33.4 Å². The maximum absolute atomic E-state index is 13.0. The van der Waals surface area contributed by atoms with E-state index in [-0.39, 0.29) is 30.4 Å². The predicted octanol–water partition coefficient (Wildman–Crippen LogP) is 2.89. The molecule has 1 aliphatic carbocycles. The molecule has 180 valence electrons. The number of aliphatic hydroxyl groups is 1. The van der Waals surface area contributed by atoms with Gasteiger partial charge < -0.3 is 16.2 Å². The summed E-state index contributed by atoms with van der Waals surface area (Å²) in [6, 6.07) is 22.1. The molecular weight excluding hydrogens is 452 g/mol. The molecule has 0 spiro atoms. The fraction of sp³-hybridized carbons (Fsp3) is 0.214. The number of aliphatic hydroxyl groups excluding tert-OH is 1. The Labute approximate surface area is 208 Å². The largest absolute Gasteiger partial charge is 0.395 e. The monoisotopic (exact) mass is 479 g/mol. The smallest absolute Gasteiger partial charge is 0.372 e. The minimum Gasteiger partial charge on any atom is -0.395 e. The number of carbonyl (C=O) groups is 1. The van der Waals surface area contributed by atoms with E-state index in [1.807, 2.05) is 60.9 Å². The molecule has 36 heavy (non-hydrogen) atoms. The summed E-state index contributed by atoms with van der Waals surface area (Å²) in [7, 11) is 0. The lowest BCUT2D eigenvalue weighted by Crippen LogP contribution is -2.43. The van der Waals surface area contributed by atoms with Crippen molar-refractivity contribution >= 4 is 22.5 Å². The van der Waals surface area contributed by atoms with Crippen LogP contribution in [0.3, 0.4) is 0 Å². The zero-order valence-corrected chi connectivity index (χ0v) is 19.8. The second-order valence-corrected chi connectivity index (χ2v) is 9.30. The molecule has 6 rings (SSSR count). The number of hydrogen-bond acceptors (Lipinski definition) is 5. The van der Waals surface area contributed by atoms with Gasteiger partial charge in [0, 0.05) is 23.8 Å². The Bertz CT molecular complexity index is 1570. The van der Waals surface area contributed by atoms with Crippen LogP contribution >= 0.6 is 0 Å². The number of nitrogens with two attached hydrogens (primary N) is 1. The van der Waals surface area contributed by atoms with Gasteiger partial charge in [0.15, 0.2) is 0 Å². The maximum atomic E-state index is 13.0. The van der Waals surface area contributed by atoms with Crippen molar-refractivity contribution in [3.05, 3.63) is 90.5 Å². The normalized spacial score (nSPS) is 14.6. The molecule has 0 saturated heterocycles. The topological polar surface area (TPSA) is 110 Å². The Morgan fingerprint density at radius 2 is 1.86 bits per heavy atom. The lowest BCUT2D eigenvalue weighted by atomic mass is 9.73. The molecule has 3 aromatic heterocycles. The number of amides is 1. The SMILES string of the molecule is NC1(c2ccc(-n3nc(C(=O)NCCO)[n+]4ccc5ncc(-c6ccccc6)cc5c34)cc2)CCC1. The number of nitrogens with zero attached hydrogens (tertiary/aromatic N) is 4. The second-order valence-electron chi connectivity index (χ2n) is 9.30. The maximum Gasteiger partial charge on any atom is 0.372 e. The summed E-state index contributed by atoms with van der Waals surface area (Å²) in [5, 5.41) is 17.5. The number of rotatable bonds is 6. The summed E-state index contributed by atoms with van der Waals surface area (Å²) in [6.07, 6.45) is 6.79. The summed E-state index contributed by atoms with van der Waals surface area (Å²) < 4.78 is 3.55. The molecule has 0 bridgehead atoms. The molecule has 3 heterocycles. The van der Waals surface area contributed by atoms with Crippen LogP contribution in [0.4, 0.5) is 0 Å². The van der Waals surface area contributed by atoms with E-state index in [0.29, 0.717) is 0 Å². The van der Waals surface area contributed by atoms with Crippen LogP contribution in [0.15, 0.2) is 79.1 Å². The third-order valence-electron chi connectivity index (χ3n) is 7.03. The first-order chi connectivity index (χ1) is 17.6. The van der Waals surface area contributed by atoms with Crippen LogP contribution in [0.1, 0.15) is 35.4 Å². The van der Waals surface area contributed by atoms with E-state index in [2.05, 4.69) is 23.5 Å². The quantitative estimate of drug-likeness (QED) is 0.325. The number of benzene rings is 2. The van der Waals surface area contributed by atoms with Crippen molar-refractivity contribution < 1.29 is 14.3 Å². The Balaban J connectivity index is 1.56. The van der Waals surface area contributed by atoms with Gasteiger partial charge >= 0.3 is 11.7 Å². The summed E-state index contributed by atoms with van der Waals surface area (Å²) in [5.41, 5.74) is 11.8. The molecule has 2 aromatic carbocycles. The van der Waals surface area contributed by atoms with Gasteiger partial charge in [0.2, 0.25) is 0 Å². The van der Waals surface area contributed by atoms with E-state index in [0.717, 1.165) is 58.2 Å². The first kappa shape index (κ1) is 22.3. The minimum atomic E-state index is -0.365. The Morgan fingerprint density at radius 3 is 2.56 bits per heavy atom. The van der Waals surface area contributed by atoms with E-state index in [1.165, 1.54) is 0 Å². The number of fused-ring (bicyclic) bond motifs is 3. The minimum absolute atomic E-state index is 0.147. The Hall–Kier alpha value is -4.14. The van der Waals surface area contributed by atoms with E-state index >= 15 is 0 Å². The fourth-order valence-corrected chi connectivity index (χ4v) is 4.86. The molecule has 8 heteroatoms. The Kier molecular flexibility index (Phi) is 5.47. The zero-order valence-electron chi connectivity index (χ0n) is 19.8. The fourth-order valence-electron chi connectivity index (χ4n) is 4.86. The molecule has 0 aliphatic heterocycles. The Morgan fingerprint density at radius 1 is 1.08 bits per heavy atom. The van der Waals surface area contributed by atoms with Gasteiger partial charge in [0.05, 0.1) is 28.8 Å². The lowest BCUT2D eigenvalue weighted by Gasteiger charge is -2.38. The highest BCUT2D eigenvalue weighted by atomic mass is 16.3. The van der Waals surface area contributed by atoms with Crippen molar-refractivity contribution in [3.63, 3.8) is 0 Å². The van der Waals surface area contributed by atoms with Crippen molar-refractivity contribution in [1.29, 1.82) is 0 Å². The zero-order chi connectivity index (χ0) is 24.7. The molecule has 1 amide bonds. The molecule has 5 aromatic rings. The van der Waals surface area contributed by atoms with Crippen molar-refractivity contribution in [3.8, 4) is 16.8 Å². The van der Waals surface area contributed by atoms with Crippen LogP contribution in [0.2, 0.25) is 0 Å². The van der Waals surface area contributed by atoms with Gasteiger partial charge in [0.1, 0.15) is 5.69 Å². The summed E-state index contributed by atoms with van der Waals surface area (Å²) in [5.74, 6) is -0.139.